The highest BCUT2D eigenvalue weighted by Gasteiger charge is 2.16. The Bertz CT molecular complexity index is 875. The predicted molar refractivity (Wildman–Crippen MR) is 110 cm³/mol. The van der Waals surface area contributed by atoms with E-state index in [1.165, 1.54) is 7.11 Å². The lowest BCUT2D eigenvalue weighted by atomic mass is 10.2. The SMILES string of the molecule is COc1ccccc1C(=O)NCCC(=O)NNC(=O)C(C)Oc1cccc(Br)c1. The molecular weight excluding hydrogens is 442 g/mol. The van der Waals surface area contributed by atoms with Crippen molar-refractivity contribution in [1.29, 1.82) is 0 Å². The zero-order valence-electron chi connectivity index (χ0n) is 16.0. The summed E-state index contributed by atoms with van der Waals surface area (Å²) in [5.41, 5.74) is 4.97. The first kappa shape index (κ1) is 22.2. The van der Waals surface area contributed by atoms with Crippen LogP contribution in [0.2, 0.25) is 0 Å². The number of halogens is 1. The van der Waals surface area contributed by atoms with E-state index in [1.54, 1.807) is 49.4 Å². The average Bonchev–Trinajstić information content (AvgIpc) is 2.71. The molecule has 0 aromatic heterocycles. The van der Waals surface area contributed by atoms with Crippen LogP contribution in [0.5, 0.6) is 11.5 Å². The van der Waals surface area contributed by atoms with Crippen LogP contribution in [0.15, 0.2) is 53.0 Å². The summed E-state index contributed by atoms with van der Waals surface area (Å²) in [5.74, 6) is -0.339. The van der Waals surface area contributed by atoms with Crippen molar-refractivity contribution in [1.82, 2.24) is 16.2 Å². The third-order valence-electron chi connectivity index (χ3n) is 3.79. The molecular formula is C20H22BrN3O5. The molecule has 8 nitrogen and oxygen atoms in total. The first-order valence-corrected chi connectivity index (χ1v) is 9.62. The fourth-order valence-corrected chi connectivity index (χ4v) is 2.69. The standard InChI is InChI=1S/C20H22BrN3O5/c1-13(29-15-7-5-6-14(21)12-15)19(26)24-23-18(25)10-11-22-20(27)16-8-3-4-9-17(16)28-2/h3-9,12-13H,10-11H2,1-2H3,(H,22,27)(H,23,25)(H,24,26). The molecule has 3 N–H and O–H groups in total. The third-order valence-corrected chi connectivity index (χ3v) is 4.29. The number of nitrogens with one attached hydrogen (secondary N) is 3. The van der Waals surface area contributed by atoms with Gasteiger partial charge in [0, 0.05) is 17.4 Å². The number of rotatable bonds is 8. The van der Waals surface area contributed by atoms with Gasteiger partial charge in [0.15, 0.2) is 6.10 Å². The van der Waals surface area contributed by atoms with Gasteiger partial charge in [-0.2, -0.15) is 0 Å². The van der Waals surface area contributed by atoms with Crippen LogP contribution in [0.25, 0.3) is 0 Å². The molecule has 0 fully saturated rings. The number of benzene rings is 2. The molecule has 0 saturated heterocycles. The Labute approximate surface area is 177 Å². The van der Waals surface area contributed by atoms with Crippen LogP contribution in [0, 0.1) is 0 Å². The first-order chi connectivity index (χ1) is 13.9. The molecule has 2 aromatic carbocycles. The summed E-state index contributed by atoms with van der Waals surface area (Å²) in [6, 6.07) is 13.8. The molecule has 0 heterocycles. The van der Waals surface area contributed by atoms with Crippen LogP contribution < -0.4 is 25.6 Å². The lowest BCUT2D eigenvalue weighted by Gasteiger charge is -2.15. The number of carbonyl (C=O) groups excluding carboxylic acids is 3. The number of ether oxygens (including phenoxy) is 2. The Balaban J connectivity index is 1.71. The van der Waals surface area contributed by atoms with Gasteiger partial charge in [-0.1, -0.05) is 34.1 Å². The van der Waals surface area contributed by atoms with E-state index in [0.717, 1.165) is 4.47 Å². The highest BCUT2D eigenvalue weighted by Crippen LogP contribution is 2.19. The maximum Gasteiger partial charge on any atom is 0.279 e. The van der Waals surface area contributed by atoms with Crippen molar-refractivity contribution in [3.63, 3.8) is 0 Å². The molecule has 0 aliphatic carbocycles. The van der Waals surface area contributed by atoms with Gasteiger partial charge < -0.3 is 14.8 Å². The smallest absolute Gasteiger partial charge is 0.279 e. The molecule has 0 spiro atoms. The van der Waals surface area contributed by atoms with Gasteiger partial charge in [0.2, 0.25) is 5.91 Å². The minimum Gasteiger partial charge on any atom is -0.496 e. The summed E-state index contributed by atoms with van der Waals surface area (Å²) in [6.07, 6.45) is -0.822. The van der Waals surface area contributed by atoms with Crippen LogP contribution in [0.4, 0.5) is 0 Å². The van der Waals surface area contributed by atoms with Crippen molar-refractivity contribution in [2.24, 2.45) is 0 Å². The van der Waals surface area contributed by atoms with Gasteiger partial charge in [0.1, 0.15) is 11.5 Å². The van der Waals surface area contributed by atoms with Crippen molar-refractivity contribution < 1.29 is 23.9 Å². The molecule has 0 aliphatic rings. The summed E-state index contributed by atoms with van der Waals surface area (Å²) < 4.78 is 11.5. The lowest BCUT2D eigenvalue weighted by Crippen LogP contribution is -2.47. The molecule has 3 amide bonds. The number of carbonyl (C=O) groups is 3. The third kappa shape index (κ3) is 7.11. The van der Waals surface area contributed by atoms with E-state index >= 15 is 0 Å². The van der Waals surface area contributed by atoms with Crippen LogP contribution >= 0.6 is 15.9 Å². The molecule has 2 aromatic rings. The highest BCUT2D eigenvalue weighted by molar-refractivity contribution is 9.10. The molecule has 0 saturated carbocycles. The van der Waals surface area contributed by atoms with E-state index in [-0.39, 0.29) is 18.9 Å². The first-order valence-electron chi connectivity index (χ1n) is 8.83. The monoisotopic (exact) mass is 463 g/mol. The van der Waals surface area contributed by atoms with Gasteiger partial charge in [-0.15, -0.1) is 0 Å². The Kier molecular flexibility index (Phi) is 8.47. The van der Waals surface area contributed by atoms with Crippen LogP contribution in [-0.4, -0.2) is 37.5 Å². The van der Waals surface area contributed by atoms with Crippen LogP contribution in [0.3, 0.4) is 0 Å². The molecule has 9 heteroatoms. The van der Waals surface area contributed by atoms with Gasteiger partial charge in [-0.3, -0.25) is 25.2 Å². The van der Waals surface area contributed by atoms with Crippen LogP contribution in [0.1, 0.15) is 23.7 Å². The second-order valence-electron chi connectivity index (χ2n) is 5.96. The fourth-order valence-electron chi connectivity index (χ4n) is 2.31. The highest BCUT2D eigenvalue weighted by atomic mass is 79.9. The van der Waals surface area contributed by atoms with E-state index in [9.17, 15) is 14.4 Å². The van der Waals surface area contributed by atoms with E-state index < -0.39 is 17.9 Å². The summed E-state index contributed by atoms with van der Waals surface area (Å²) >= 11 is 3.32. The molecule has 2 rings (SSSR count). The largest absolute Gasteiger partial charge is 0.496 e. The zero-order valence-corrected chi connectivity index (χ0v) is 17.6. The van der Waals surface area contributed by atoms with Gasteiger partial charge in [-0.05, 0) is 37.3 Å². The topological polar surface area (TPSA) is 106 Å². The van der Waals surface area contributed by atoms with Crippen molar-refractivity contribution in [2.45, 2.75) is 19.4 Å². The second-order valence-corrected chi connectivity index (χ2v) is 6.88. The van der Waals surface area contributed by atoms with E-state index in [1.807, 2.05) is 6.07 Å². The van der Waals surface area contributed by atoms with Gasteiger partial charge in [0.05, 0.1) is 12.7 Å². The van der Waals surface area contributed by atoms with Crippen LogP contribution in [-0.2, 0) is 9.59 Å². The predicted octanol–water partition coefficient (Wildman–Crippen LogP) is 2.19. The number of hydrogen-bond acceptors (Lipinski definition) is 5. The maximum atomic E-state index is 12.1. The number of hydrogen-bond donors (Lipinski definition) is 3. The average molecular weight is 464 g/mol. The minimum absolute atomic E-state index is 0.0119. The van der Waals surface area contributed by atoms with Crippen molar-refractivity contribution >= 4 is 33.7 Å². The number of methoxy groups -OCH3 is 1. The fraction of sp³-hybridized carbons (Fsp3) is 0.250. The van der Waals surface area contributed by atoms with Crippen molar-refractivity contribution in [3.8, 4) is 11.5 Å². The molecule has 0 aliphatic heterocycles. The molecule has 0 bridgehead atoms. The Hall–Kier alpha value is -3.07. The van der Waals surface area contributed by atoms with E-state index in [0.29, 0.717) is 17.1 Å². The minimum atomic E-state index is -0.810. The van der Waals surface area contributed by atoms with Gasteiger partial charge >= 0.3 is 0 Å². The molecule has 1 atom stereocenters. The zero-order chi connectivity index (χ0) is 21.2. The van der Waals surface area contributed by atoms with Gasteiger partial charge in [0.25, 0.3) is 11.8 Å². The normalized spacial score (nSPS) is 11.1. The summed E-state index contributed by atoms with van der Waals surface area (Å²) in [7, 11) is 1.48. The lowest BCUT2D eigenvalue weighted by molar-refractivity contribution is -0.132. The summed E-state index contributed by atoms with van der Waals surface area (Å²) in [6.45, 7) is 1.67. The molecule has 29 heavy (non-hydrogen) atoms. The summed E-state index contributed by atoms with van der Waals surface area (Å²) in [5, 5.41) is 2.63. The summed E-state index contributed by atoms with van der Waals surface area (Å²) in [4.78, 5) is 36.0. The van der Waals surface area contributed by atoms with Crippen molar-refractivity contribution in [2.75, 3.05) is 13.7 Å². The van der Waals surface area contributed by atoms with Gasteiger partial charge in [-0.25, -0.2) is 0 Å². The molecule has 0 radical (unpaired) electrons. The Morgan fingerprint density at radius 3 is 2.55 bits per heavy atom. The number of amides is 3. The number of hydrazine groups is 1. The quantitative estimate of drug-likeness (QED) is 0.520. The Morgan fingerprint density at radius 2 is 1.83 bits per heavy atom. The number of para-hydroxylation sites is 1. The maximum absolute atomic E-state index is 12.1. The second kappa shape index (κ2) is 11.1. The van der Waals surface area contributed by atoms with Crippen molar-refractivity contribution in [3.05, 3.63) is 58.6 Å². The molecule has 1 unspecified atom stereocenters. The van der Waals surface area contributed by atoms with E-state index in [2.05, 4.69) is 32.1 Å². The van der Waals surface area contributed by atoms with E-state index in [4.69, 9.17) is 9.47 Å². The molecule has 154 valence electrons. The Morgan fingerprint density at radius 1 is 1.07 bits per heavy atom.